The summed E-state index contributed by atoms with van der Waals surface area (Å²) < 4.78 is 29.9. The van der Waals surface area contributed by atoms with E-state index in [0.29, 0.717) is 0 Å². The third-order valence-electron chi connectivity index (χ3n) is 1.97. The average molecular weight is 324 g/mol. The number of phosphoric ester groups is 1. The molecule has 0 fully saturated rings. The summed E-state index contributed by atoms with van der Waals surface area (Å²) in [4.78, 5) is 31.4. The second kappa shape index (κ2) is 9.68. The Morgan fingerprint density at radius 2 is 1.57 bits per heavy atom. The van der Waals surface area contributed by atoms with Gasteiger partial charge < -0.3 is 14.4 Å². The molecule has 0 aliphatic heterocycles. The number of carbonyl (C=O) groups is 2. The van der Waals surface area contributed by atoms with Crippen molar-refractivity contribution in [3.8, 4) is 0 Å². The zero-order valence-corrected chi connectivity index (χ0v) is 13.3. The van der Waals surface area contributed by atoms with Crippen molar-refractivity contribution >= 4 is 19.8 Å². The number of rotatable bonds is 10. The molecule has 0 aliphatic rings. The zero-order chi connectivity index (χ0) is 16.5. The van der Waals surface area contributed by atoms with Crippen LogP contribution in [0.2, 0.25) is 0 Å². The summed E-state index contributed by atoms with van der Waals surface area (Å²) in [6, 6.07) is 0. The molecule has 1 N–H and O–H groups in total. The Morgan fingerprint density at radius 1 is 1.10 bits per heavy atom. The van der Waals surface area contributed by atoms with Crippen molar-refractivity contribution in [2.45, 2.75) is 20.8 Å². The molecule has 1 unspecified atom stereocenters. The highest BCUT2D eigenvalue weighted by atomic mass is 31.2. The largest absolute Gasteiger partial charge is 0.472 e. The van der Waals surface area contributed by atoms with Crippen molar-refractivity contribution in [3.05, 3.63) is 12.2 Å². The summed E-state index contributed by atoms with van der Waals surface area (Å²) >= 11 is 0. The summed E-state index contributed by atoms with van der Waals surface area (Å²) in [5.74, 6) is -1.34. The van der Waals surface area contributed by atoms with Crippen molar-refractivity contribution in [1.29, 1.82) is 0 Å². The second-order valence-electron chi connectivity index (χ2n) is 4.37. The van der Waals surface area contributed by atoms with Crippen LogP contribution in [0.25, 0.3) is 0 Å². The maximum absolute atomic E-state index is 11.4. The van der Waals surface area contributed by atoms with Crippen LogP contribution in [0.5, 0.6) is 0 Å². The fraction of sp³-hybridized carbons (Fsp3) is 0.667. The van der Waals surface area contributed by atoms with Gasteiger partial charge in [0.15, 0.2) is 0 Å². The van der Waals surface area contributed by atoms with Crippen LogP contribution in [-0.4, -0.2) is 43.3 Å². The number of ether oxygens (including phenoxy) is 2. The molecule has 8 nitrogen and oxygen atoms in total. The van der Waals surface area contributed by atoms with Gasteiger partial charge in [0.25, 0.3) is 0 Å². The Kier molecular flexibility index (Phi) is 9.12. The second-order valence-corrected chi connectivity index (χ2v) is 5.83. The Balaban J connectivity index is 3.79. The van der Waals surface area contributed by atoms with E-state index in [2.05, 4.69) is 20.4 Å². The molecule has 0 saturated carbocycles. The maximum Gasteiger partial charge on any atom is 0.472 e. The minimum atomic E-state index is -4.26. The summed E-state index contributed by atoms with van der Waals surface area (Å²) in [5, 5.41) is 0. The Morgan fingerprint density at radius 3 is 2.00 bits per heavy atom. The number of carbonyl (C=O) groups excluding carboxylic acids is 2. The highest BCUT2D eigenvalue weighted by Gasteiger charge is 2.21. The van der Waals surface area contributed by atoms with Gasteiger partial charge in [-0.1, -0.05) is 20.4 Å². The smallest absolute Gasteiger partial charge is 0.463 e. The third kappa shape index (κ3) is 10.2. The molecule has 9 heteroatoms. The van der Waals surface area contributed by atoms with Gasteiger partial charge in [-0.3, -0.25) is 13.8 Å². The molecule has 0 aromatic carbocycles. The SMILES string of the molecule is C=C(C)C(=O)OCCOP(=O)(O)OCCOC(=O)C(C)C. The average Bonchev–Trinajstić information content (AvgIpc) is 2.38. The molecular formula is C12H21O8P. The molecule has 0 aromatic heterocycles. The first kappa shape index (κ1) is 19.8. The summed E-state index contributed by atoms with van der Waals surface area (Å²) in [7, 11) is -4.26. The molecule has 1 atom stereocenters. The van der Waals surface area contributed by atoms with Gasteiger partial charge in [-0.15, -0.1) is 0 Å². The molecule has 0 saturated heterocycles. The van der Waals surface area contributed by atoms with Crippen LogP contribution in [0.1, 0.15) is 20.8 Å². The van der Waals surface area contributed by atoms with Crippen LogP contribution in [0.3, 0.4) is 0 Å². The minimum Gasteiger partial charge on any atom is -0.463 e. The van der Waals surface area contributed by atoms with Crippen LogP contribution in [0.15, 0.2) is 12.2 Å². The lowest BCUT2D eigenvalue weighted by Crippen LogP contribution is -2.15. The number of hydrogen-bond acceptors (Lipinski definition) is 7. The lowest BCUT2D eigenvalue weighted by Gasteiger charge is -2.13. The van der Waals surface area contributed by atoms with E-state index < -0.39 is 19.8 Å². The standard InChI is InChI=1S/C12H21O8P/c1-9(2)11(13)17-5-7-19-21(15,16)20-8-6-18-12(14)10(3)4/h10H,1,5-8H2,2-4H3,(H,15,16). The van der Waals surface area contributed by atoms with Crippen LogP contribution >= 0.6 is 7.82 Å². The van der Waals surface area contributed by atoms with E-state index >= 15 is 0 Å². The van der Waals surface area contributed by atoms with E-state index in [9.17, 15) is 19.0 Å². The molecule has 0 spiro atoms. The number of esters is 2. The number of phosphoric acid groups is 1. The lowest BCUT2D eigenvalue weighted by atomic mass is 10.2. The van der Waals surface area contributed by atoms with Gasteiger partial charge in [-0.05, 0) is 6.92 Å². The van der Waals surface area contributed by atoms with Crippen molar-refractivity contribution < 1.29 is 37.6 Å². The molecule has 0 bridgehead atoms. The molecular weight excluding hydrogens is 303 g/mol. The quantitative estimate of drug-likeness (QED) is 0.278. The normalized spacial score (nSPS) is 13.6. The van der Waals surface area contributed by atoms with E-state index in [-0.39, 0.29) is 37.9 Å². The van der Waals surface area contributed by atoms with Gasteiger partial charge in [0.1, 0.15) is 13.2 Å². The van der Waals surface area contributed by atoms with E-state index in [1.165, 1.54) is 6.92 Å². The fourth-order valence-corrected chi connectivity index (χ4v) is 1.59. The maximum atomic E-state index is 11.4. The predicted molar refractivity (Wildman–Crippen MR) is 73.3 cm³/mol. The van der Waals surface area contributed by atoms with Crippen LogP contribution < -0.4 is 0 Å². The minimum absolute atomic E-state index is 0.157. The Hall–Kier alpha value is -1.21. The fourth-order valence-electron chi connectivity index (χ4n) is 0.909. The van der Waals surface area contributed by atoms with E-state index in [1.54, 1.807) is 13.8 Å². The van der Waals surface area contributed by atoms with Crippen LogP contribution in [0, 0.1) is 5.92 Å². The first-order valence-corrected chi connectivity index (χ1v) is 7.76. The van der Waals surface area contributed by atoms with Gasteiger partial charge in [0.05, 0.1) is 19.1 Å². The van der Waals surface area contributed by atoms with Crippen molar-refractivity contribution in [3.63, 3.8) is 0 Å². The molecule has 0 aliphatic carbocycles. The van der Waals surface area contributed by atoms with Crippen LogP contribution in [-0.2, 0) is 32.7 Å². The molecule has 122 valence electrons. The van der Waals surface area contributed by atoms with Gasteiger partial charge in [-0.2, -0.15) is 0 Å². The van der Waals surface area contributed by atoms with Gasteiger partial charge >= 0.3 is 19.8 Å². The lowest BCUT2D eigenvalue weighted by molar-refractivity contribution is -0.148. The Bertz CT molecular complexity index is 417. The first-order valence-electron chi connectivity index (χ1n) is 6.27. The molecule has 0 heterocycles. The van der Waals surface area contributed by atoms with Crippen molar-refractivity contribution in [2.24, 2.45) is 5.92 Å². The molecule has 0 amide bonds. The number of hydrogen-bond donors (Lipinski definition) is 1. The van der Waals surface area contributed by atoms with Crippen molar-refractivity contribution in [2.75, 3.05) is 26.4 Å². The van der Waals surface area contributed by atoms with E-state index in [1.807, 2.05) is 0 Å². The zero-order valence-electron chi connectivity index (χ0n) is 12.4. The highest BCUT2D eigenvalue weighted by molar-refractivity contribution is 7.47. The molecule has 0 rings (SSSR count). The first-order chi connectivity index (χ1) is 9.65. The summed E-state index contributed by atoms with van der Waals surface area (Å²) in [5.41, 5.74) is 0.213. The van der Waals surface area contributed by atoms with Crippen molar-refractivity contribution in [1.82, 2.24) is 0 Å². The van der Waals surface area contributed by atoms with E-state index in [4.69, 9.17) is 4.74 Å². The van der Waals surface area contributed by atoms with Gasteiger partial charge in [-0.25, -0.2) is 9.36 Å². The topological polar surface area (TPSA) is 108 Å². The molecule has 0 radical (unpaired) electrons. The monoisotopic (exact) mass is 324 g/mol. The predicted octanol–water partition coefficient (Wildman–Crippen LogP) is 1.44. The van der Waals surface area contributed by atoms with Gasteiger partial charge in [0, 0.05) is 5.57 Å². The summed E-state index contributed by atoms with van der Waals surface area (Å²) in [6.45, 7) is 7.22. The summed E-state index contributed by atoms with van der Waals surface area (Å²) in [6.07, 6.45) is 0. The van der Waals surface area contributed by atoms with E-state index in [0.717, 1.165) is 0 Å². The Labute approximate surface area is 123 Å². The molecule has 21 heavy (non-hydrogen) atoms. The highest BCUT2D eigenvalue weighted by Crippen LogP contribution is 2.42. The molecule has 0 aromatic rings. The van der Waals surface area contributed by atoms with Gasteiger partial charge in [0.2, 0.25) is 0 Å². The third-order valence-corrected chi connectivity index (χ3v) is 2.99. The van der Waals surface area contributed by atoms with Crippen LogP contribution in [0.4, 0.5) is 0 Å².